The average molecular weight is 256 g/mol. The van der Waals surface area contributed by atoms with Crippen molar-refractivity contribution in [2.24, 2.45) is 0 Å². The molecule has 1 saturated carbocycles. The van der Waals surface area contributed by atoms with E-state index in [1.54, 1.807) is 0 Å². The second-order valence-electron chi connectivity index (χ2n) is 4.70. The summed E-state index contributed by atoms with van der Waals surface area (Å²) >= 11 is 0. The molecule has 1 rings (SSSR count). The first-order valence-electron chi connectivity index (χ1n) is 6.88. The zero-order valence-electron chi connectivity index (χ0n) is 11.2. The largest absolute Gasteiger partial charge is 0.465 e. The molecule has 1 aliphatic rings. The first-order chi connectivity index (χ1) is 8.72. The lowest BCUT2D eigenvalue weighted by atomic mass is 10.3. The Balaban J connectivity index is 1.84. The third kappa shape index (κ3) is 8.06. The molecule has 0 radical (unpaired) electrons. The SMILES string of the molecule is CCCCOC(=O)CNCCCC(=O)NC1CC1. The van der Waals surface area contributed by atoms with Crippen LogP contribution in [0.1, 0.15) is 45.4 Å². The van der Waals surface area contributed by atoms with Gasteiger partial charge >= 0.3 is 5.97 Å². The fraction of sp³-hybridized carbons (Fsp3) is 0.846. The Labute approximate surface area is 109 Å². The van der Waals surface area contributed by atoms with Crippen molar-refractivity contribution < 1.29 is 14.3 Å². The van der Waals surface area contributed by atoms with Gasteiger partial charge in [0.2, 0.25) is 5.91 Å². The molecule has 0 aromatic rings. The Bertz CT molecular complexity index is 265. The highest BCUT2D eigenvalue weighted by molar-refractivity contribution is 5.76. The van der Waals surface area contributed by atoms with E-state index in [-0.39, 0.29) is 18.4 Å². The van der Waals surface area contributed by atoms with Gasteiger partial charge in [0.05, 0.1) is 13.2 Å². The molecular formula is C13H24N2O3. The molecule has 0 unspecified atom stereocenters. The van der Waals surface area contributed by atoms with Gasteiger partial charge in [-0.05, 0) is 32.2 Å². The molecule has 0 spiro atoms. The smallest absolute Gasteiger partial charge is 0.319 e. The summed E-state index contributed by atoms with van der Waals surface area (Å²) in [5, 5.41) is 5.91. The summed E-state index contributed by atoms with van der Waals surface area (Å²) in [7, 11) is 0. The van der Waals surface area contributed by atoms with Gasteiger partial charge in [-0.15, -0.1) is 0 Å². The van der Waals surface area contributed by atoms with E-state index in [4.69, 9.17) is 4.74 Å². The highest BCUT2D eigenvalue weighted by atomic mass is 16.5. The van der Waals surface area contributed by atoms with Crippen LogP contribution in [-0.2, 0) is 14.3 Å². The molecule has 104 valence electrons. The summed E-state index contributed by atoms with van der Waals surface area (Å²) in [6, 6.07) is 0.430. The Morgan fingerprint density at radius 1 is 1.28 bits per heavy atom. The lowest BCUT2D eigenvalue weighted by Gasteiger charge is -2.06. The summed E-state index contributed by atoms with van der Waals surface area (Å²) in [4.78, 5) is 22.5. The number of carbonyl (C=O) groups excluding carboxylic acids is 2. The predicted molar refractivity (Wildman–Crippen MR) is 69.1 cm³/mol. The summed E-state index contributed by atoms with van der Waals surface area (Å²) in [6.45, 7) is 3.45. The molecule has 0 aromatic carbocycles. The molecule has 5 nitrogen and oxygen atoms in total. The Morgan fingerprint density at radius 2 is 2.06 bits per heavy atom. The van der Waals surface area contributed by atoms with Gasteiger partial charge in [0, 0.05) is 12.5 Å². The van der Waals surface area contributed by atoms with Crippen LogP contribution in [0, 0.1) is 0 Å². The second-order valence-corrected chi connectivity index (χ2v) is 4.70. The summed E-state index contributed by atoms with van der Waals surface area (Å²) in [5.41, 5.74) is 0. The lowest BCUT2D eigenvalue weighted by Crippen LogP contribution is -2.28. The van der Waals surface area contributed by atoms with E-state index >= 15 is 0 Å². The number of unbranched alkanes of at least 4 members (excludes halogenated alkanes) is 1. The number of nitrogens with one attached hydrogen (secondary N) is 2. The van der Waals surface area contributed by atoms with E-state index in [0.717, 1.165) is 32.1 Å². The van der Waals surface area contributed by atoms with Crippen molar-refractivity contribution in [3.63, 3.8) is 0 Å². The van der Waals surface area contributed by atoms with Crippen LogP contribution in [0.2, 0.25) is 0 Å². The summed E-state index contributed by atoms with van der Waals surface area (Å²) in [5.74, 6) is -0.101. The average Bonchev–Trinajstić information content (AvgIpc) is 3.13. The van der Waals surface area contributed by atoms with E-state index in [9.17, 15) is 9.59 Å². The molecular weight excluding hydrogens is 232 g/mol. The summed E-state index contributed by atoms with van der Waals surface area (Å²) < 4.78 is 4.99. The first kappa shape index (κ1) is 15.0. The standard InChI is InChI=1S/C13H24N2O3/c1-2-3-9-18-13(17)10-14-8-4-5-12(16)15-11-6-7-11/h11,14H,2-10H2,1H3,(H,15,16). The number of amides is 1. The van der Waals surface area contributed by atoms with Crippen LogP contribution in [-0.4, -0.2) is 37.6 Å². The molecule has 5 heteroatoms. The Morgan fingerprint density at radius 3 is 2.72 bits per heavy atom. The van der Waals surface area contributed by atoms with Gasteiger partial charge in [0.1, 0.15) is 0 Å². The first-order valence-corrected chi connectivity index (χ1v) is 6.88. The normalized spacial score (nSPS) is 14.3. The number of hydrogen-bond acceptors (Lipinski definition) is 4. The van der Waals surface area contributed by atoms with Crippen molar-refractivity contribution in [1.82, 2.24) is 10.6 Å². The van der Waals surface area contributed by atoms with Crippen LogP contribution in [0.15, 0.2) is 0 Å². The van der Waals surface area contributed by atoms with E-state index in [2.05, 4.69) is 17.6 Å². The van der Waals surface area contributed by atoms with Crippen LogP contribution >= 0.6 is 0 Å². The number of carbonyl (C=O) groups is 2. The van der Waals surface area contributed by atoms with Gasteiger partial charge in [-0.3, -0.25) is 9.59 Å². The number of rotatable bonds is 10. The van der Waals surface area contributed by atoms with Crippen molar-refractivity contribution >= 4 is 11.9 Å². The van der Waals surface area contributed by atoms with E-state index < -0.39 is 0 Å². The van der Waals surface area contributed by atoms with Crippen LogP contribution in [0.25, 0.3) is 0 Å². The molecule has 0 bridgehead atoms. The molecule has 0 aromatic heterocycles. The van der Waals surface area contributed by atoms with Gasteiger partial charge in [-0.1, -0.05) is 13.3 Å². The maximum absolute atomic E-state index is 11.3. The third-order valence-corrected chi connectivity index (χ3v) is 2.73. The molecule has 2 N–H and O–H groups in total. The molecule has 0 atom stereocenters. The zero-order chi connectivity index (χ0) is 13.2. The molecule has 0 saturated heterocycles. The van der Waals surface area contributed by atoms with Gasteiger partial charge in [-0.2, -0.15) is 0 Å². The maximum atomic E-state index is 11.3. The van der Waals surface area contributed by atoms with Gasteiger partial charge in [0.15, 0.2) is 0 Å². The molecule has 0 heterocycles. The van der Waals surface area contributed by atoms with Gasteiger partial charge in [-0.25, -0.2) is 0 Å². The Kier molecular flexibility index (Phi) is 7.41. The zero-order valence-corrected chi connectivity index (χ0v) is 11.2. The fourth-order valence-corrected chi connectivity index (χ4v) is 1.47. The molecule has 1 amide bonds. The predicted octanol–water partition coefficient (Wildman–Crippen LogP) is 0.978. The highest BCUT2D eigenvalue weighted by Crippen LogP contribution is 2.18. The van der Waals surface area contributed by atoms with Crippen molar-refractivity contribution in [2.45, 2.75) is 51.5 Å². The van der Waals surface area contributed by atoms with Crippen molar-refractivity contribution in [1.29, 1.82) is 0 Å². The minimum atomic E-state index is -0.217. The van der Waals surface area contributed by atoms with Crippen LogP contribution < -0.4 is 10.6 Å². The number of esters is 1. The van der Waals surface area contributed by atoms with Crippen molar-refractivity contribution in [3.8, 4) is 0 Å². The van der Waals surface area contributed by atoms with E-state index in [0.29, 0.717) is 25.6 Å². The topological polar surface area (TPSA) is 67.4 Å². The van der Waals surface area contributed by atoms with Gasteiger partial charge < -0.3 is 15.4 Å². The van der Waals surface area contributed by atoms with Crippen molar-refractivity contribution in [3.05, 3.63) is 0 Å². The quantitative estimate of drug-likeness (QED) is 0.451. The molecule has 18 heavy (non-hydrogen) atoms. The van der Waals surface area contributed by atoms with Crippen LogP contribution in [0.4, 0.5) is 0 Å². The second kappa shape index (κ2) is 8.91. The van der Waals surface area contributed by atoms with Crippen LogP contribution in [0.3, 0.4) is 0 Å². The third-order valence-electron chi connectivity index (χ3n) is 2.73. The molecule has 0 aliphatic heterocycles. The maximum Gasteiger partial charge on any atom is 0.319 e. The fourth-order valence-electron chi connectivity index (χ4n) is 1.47. The van der Waals surface area contributed by atoms with Crippen LogP contribution in [0.5, 0.6) is 0 Å². The highest BCUT2D eigenvalue weighted by Gasteiger charge is 2.22. The monoisotopic (exact) mass is 256 g/mol. The lowest BCUT2D eigenvalue weighted by molar-refractivity contribution is -0.142. The minimum absolute atomic E-state index is 0.116. The molecule has 1 fully saturated rings. The number of hydrogen-bond donors (Lipinski definition) is 2. The van der Waals surface area contributed by atoms with Crippen molar-refractivity contribution in [2.75, 3.05) is 19.7 Å². The van der Waals surface area contributed by atoms with E-state index in [1.165, 1.54) is 0 Å². The number of ether oxygens (including phenoxy) is 1. The minimum Gasteiger partial charge on any atom is -0.465 e. The summed E-state index contributed by atoms with van der Waals surface area (Å²) in [6.07, 6.45) is 5.44. The van der Waals surface area contributed by atoms with E-state index in [1.807, 2.05) is 0 Å². The van der Waals surface area contributed by atoms with Gasteiger partial charge in [0.25, 0.3) is 0 Å². The molecule has 1 aliphatic carbocycles. The Hall–Kier alpha value is -1.10.